The van der Waals surface area contributed by atoms with Gasteiger partial charge in [-0.3, -0.25) is 4.79 Å². The van der Waals surface area contributed by atoms with E-state index in [-0.39, 0.29) is 18.0 Å². The maximum absolute atomic E-state index is 12.3. The van der Waals surface area contributed by atoms with Crippen molar-refractivity contribution in [2.75, 3.05) is 18.5 Å². The largest absolute Gasteiger partial charge is 0.350 e. The average Bonchev–Trinajstić information content (AvgIpc) is 3.20. The molecule has 0 bridgehead atoms. The van der Waals surface area contributed by atoms with E-state index in [2.05, 4.69) is 17.2 Å². The molecule has 7 heteroatoms. The first-order valence-corrected chi connectivity index (χ1v) is 9.21. The fourth-order valence-electron chi connectivity index (χ4n) is 3.24. The van der Waals surface area contributed by atoms with Crippen molar-refractivity contribution in [1.29, 1.82) is 0 Å². The number of rotatable bonds is 5. The first kappa shape index (κ1) is 18.4. The first-order chi connectivity index (χ1) is 12.3. The molecule has 0 spiro atoms. The molecule has 26 heavy (non-hydrogen) atoms. The molecule has 0 aliphatic heterocycles. The van der Waals surface area contributed by atoms with E-state index in [9.17, 15) is 4.79 Å². The molecule has 3 rings (SSSR count). The second-order valence-electron chi connectivity index (χ2n) is 7.89. The third-order valence-corrected chi connectivity index (χ3v) is 4.40. The standard InChI is InChI=1S/C19H28N6O/c1-6-25-10-15(20-12-25)17-21-14-9-7-8-13(14)18(22-17)24(5)11-16(26)23-19(2,3)4/h10,12H,6-9,11H2,1-5H3,(H,23,26). The summed E-state index contributed by atoms with van der Waals surface area (Å²) in [6.45, 7) is 9.14. The second-order valence-corrected chi connectivity index (χ2v) is 7.89. The average molecular weight is 356 g/mol. The number of likely N-dealkylation sites (N-methyl/N-ethyl adjacent to an activating group) is 1. The summed E-state index contributed by atoms with van der Waals surface area (Å²) in [5, 5.41) is 3.01. The van der Waals surface area contributed by atoms with Gasteiger partial charge in [0.15, 0.2) is 5.82 Å². The number of carbonyl (C=O) groups is 1. The summed E-state index contributed by atoms with van der Waals surface area (Å²) in [6, 6.07) is 0. The molecule has 1 N–H and O–H groups in total. The third-order valence-electron chi connectivity index (χ3n) is 4.40. The molecule has 1 aliphatic rings. The lowest BCUT2D eigenvalue weighted by Crippen LogP contribution is -2.45. The van der Waals surface area contributed by atoms with Crippen molar-refractivity contribution in [1.82, 2.24) is 24.8 Å². The first-order valence-electron chi connectivity index (χ1n) is 9.21. The Morgan fingerprint density at radius 1 is 1.31 bits per heavy atom. The molecule has 140 valence electrons. The molecule has 2 aromatic rings. The van der Waals surface area contributed by atoms with Crippen LogP contribution in [0.25, 0.3) is 11.5 Å². The number of aromatic nitrogens is 4. The second kappa shape index (κ2) is 7.05. The van der Waals surface area contributed by atoms with E-state index in [0.29, 0.717) is 5.82 Å². The molecule has 1 aliphatic carbocycles. The van der Waals surface area contributed by atoms with Crippen LogP contribution in [0, 0.1) is 0 Å². The summed E-state index contributed by atoms with van der Waals surface area (Å²) in [5.41, 5.74) is 2.77. The number of amides is 1. The van der Waals surface area contributed by atoms with Crippen LogP contribution in [-0.4, -0.2) is 44.6 Å². The fraction of sp³-hybridized carbons (Fsp3) is 0.579. The van der Waals surface area contributed by atoms with Gasteiger partial charge in [-0.2, -0.15) is 0 Å². The Bertz CT molecular complexity index is 805. The Balaban J connectivity index is 1.89. The van der Waals surface area contributed by atoms with E-state index in [4.69, 9.17) is 9.97 Å². The summed E-state index contributed by atoms with van der Waals surface area (Å²) < 4.78 is 2.01. The van der Waals surface area contributed by atoms with E-state index >= 15 is 0 Å². The molecule has 0 fully saturated rings. The van der Waals surface area contributed by atoms with E-state index in [1.807, 2.05) is 43.5 Å². The van der Waals surface area contributed by atoms with Crippen molar-refractivity contribution in [3.8, 4) is 11.5 Å². The van der Waals surface area contributed by atoms with Crippen LogP contribution in [0.2, 0.25) is 0 Å². The van der Waals surface area contributed by atoms with Gasteiger partial charge in [0.05, 0.1) is 12.9 Å². The zero-order chi connectivity index (χ0) is 18.9. The molecular weight excluding hydrogens is 328 g/mol. The predicted octanol–water partition coefficient (Wildman–Crippen LogP) is 2.20. The summed E-state index contributed by atoms with van der Waals surface area (Å²) >= 11 is 0. The molecule has 0 radical (unpaired) electrons. The lowest BCUT2D eigenvalue weighted by atomic mass is 10.1. The van der Waals surface area contributed by atoms with Crippen molar-refractivity contribution in [3.63, 3.8) is 0 Å². The molecule has 0 aromatic carbocycles. The van der Waals surface area contributed by atoms with Gasteiger partial charge in [-0.15, -0.1) is 0 Å². The highest BCUT2D eigenvalue weighted by Crippen LogP contribution is 2.30. The summed E-state index contributed by atoms with van der Waals surface area (Å²) in [6.07, 6.45) is 6.75. The maximum atomic E-state index is 12.3. The molecular formula is C19H28N6O. The van der Waals surface area contributed by atoms with Gasteiger partial charge >= 0.3 is 0 Å². The number of aryl methyl sites for hydroxylation is 2. The molecule has 2 heterocycles. The van der Waals surface area contributed by atoms with Crippen molar-refractivity contribution in [2.24, 2.45) is 0 Å². The Kier molecular flexibility index (Phi) is 4.98. The Labute approximate surface area is 154 Å². The lowest BCUT2D eigenvalue weighted by molar-refractivity contribution is -0.121. The SMILES string of the molecule is CCn1cnc(-c2nc3c(c(N(C)CC(=O)NC(C)(C)C)n2)CCC3)c1. The topological polar surface area (TPSA) is 75.9 Å². The number of fused-ring (bicyclic) bond motifs is 1. The molecule has 0 unspecified atom stereocenters. The molecule has 0 atom stereocenters. The number of carbonyl (C=O) groups excluding carboxylic acids is 1. The monoisotopic (exact) mass is 356 g/mol. The van der Waals surface area contributed by atoms with E-state index < -0.39 is 0 Å². The van der Waals surface area contributed by atoms with E-state index in [0.717, 1.165) is 48.6 Å². The van der Waals surface area contributed by atoms with Gasteiger partial charge in [-0.1, -0.05) is 0 Å². The van der Waals surface area contributed by atoms with Crippen molar-refractivity contribution >= 4 is 11.7 Å². The van der Waals surface area contributed by atoms with Crippen LogP contribution in [0.5, 0.6) is 0 Å². The molecule has 1 amide bonds. The number of hydrogen-bond acceptors (Lipinski definition) is 5. The lowest BCUT2D eigenvalue weighted by Gasteiger charge is -2.25. The Morgan fingerprint density at radius 3 is 2.73 bits per heavy atom. The fourth-order valence-corrected chi connectivity index (χ4v) is 3.24. The zero-order valence-corrected chi connectivity index (χ0v) is 16.3. The van der Waals surface area contributed by atoms with Gasteiger partial charge < -0.3 is 14.8 Å². The summed E-state index contributed by atoms with van der Waals surface area (Å²) in [7, 11) is 1.91. The number of hydrogen-bond donors (Lipinski definition) is 1. The summed E-state index contributed by atoms with van der Waals surface area (Å²) in [4.78, 5) is 28.2. The van der Waals surface area contributed by atoms with Gasteiger partial charge in [0.2, 0.25) is 5.91 Å². The predicted molar refractivity (Wildman–Crippen MR) is 102 cm³/mol. The van der Waals surface area contributed by atoms with Gasteiger partial charge in [-0.05, 0) is 47.0 Å². The molecule has 0 saturated heterocycles. The normalized spacial score (nSPS) is 13.6. The van der Waals surface area contributed by atoms with Crippen LogP contribution in [0.3, 0.4) is 0 Å². The summed E-state index contributed by atoms with van der Waals surface area (Å²) in [5.74, 6) is 1.47. The van der Waals surface area contributed by atoms with Crippen LogP contribution >= 0.6 is 0 Å². The molecule has 7 nitrogen and oxygen atoms in total. The highest BCUT2D eigenvalue weighted by atomic mass is 16.2. The molecule has 0 saturated carbocycles. The minimum atomic E-state index is -0.246. The smallest absolute Gasteiger partial charge is 0.239 e. The van der Waals surface area contributed by atoms with Crippen molar-refractivity contribution in [2.45, 2.75) is 59.0 Å². The number of anilines is 1. The molecule has 2 aromatic heterocycles. The number of nitrogens with one attached hydrogen (secondary N) is 1. The van der Waals surface area contributed by atoms with Gasteiger partial charge in [0, 0.05) is 36.6 Å². The quantitative estimate of drug-likeness (QED) is 0.889. The van der Waals surface area contributed by atoms with Crippen LogP contribution < -0.4 is 10.2 Å². The highest BCUT2D eigenvalue weighted by molar-refractivity contribution is 5.82. The number of imidazole rings is 1. The minimum absolute atomic E-state index is 0.0119. The van der Waals surface area contributed by atoms with Gasteiger partial charge in [0.25, 0.3) is 0 Å². The van der Waals surface area contributed by atoms with Gasteiger partial charge in [0.1, 0.15) is 11.5 Å². The van der Waals surface area contributed by atoms with Crippen LogP contribution in [0.15, 0.2) is 12.5 Å². The number of nitrogens with zero attached hydrogens (tertiary/aromatic N) is 5. The van der Waals surface area contributed by atoms with E-state index in [1.54, 1.807) is 6.33 Å². The highest BCUT2D eigenvalue weighted by Gasteiger charge is 2.24. The Morgan fingerprint density at radius 2 is 2.08 bits per heavy atom. The van der Waals surface area contributed by atoms with Crippen molar-refractivity contribution in [3.05, 3.63) is 23.8 Å². The van der Waals surface area contributed by atoms with Crippen LogP contribution in [0.1, 0.15) is 45.4 Å². The zero-order valence-electron chi connectivity index (χ0n) is 16.3. The van der Waals surface area contributed by atoms with Crippen molar-refractivity contribution < 1.29 is 4.79 Å². The maximum Gasteiger partial charge on any atom is 0.239 e. The van der Waals surface area contributed by atoms with Gasteiger partial charge in [-0.25, -0.2) is 15.0 Å². The van der Waals surface area contributed by atoms with Crippen LogP contribution in [-0.2, 0) is 24.2 Å². The third kappa shape index (κ3) is 4.03. The minimum Gasteiger partial charge on any atom is -0.350 e. The van der Waals surface area contributed by atoms with E-state index in [1.165, 1.54) is 0 Å². The van der Waals surface area contributed by atoms with Crippen LogP contribution in [0.4, 0.5) is 5.82 Å². The Hall–Kier alpha value is -2.44.